The molecule has 0 aromatic heterocycles. The van der Waals surface area contributed by atoms with Crippen molar-refractivity contribution < 1.29 is 29.3 Å². The minimum atomic E-state index is -1.89. The zero-order valence-electron chi connectivity index (χ0n) is 17.6. The zero-order chi connectivity index (χ0) is 21.2. The molecule has 0 aliphatic heterocycles. The van der Waals surface area contributed by atoms with Gasteiger partial charge in [0.05, 0.1) is 6.10 Å². The lowest BCUT2D eigenvalue weighted by Gasteiger charge is -2.58. The Labute approximate surface area is 171 Å². The fourth-order valence-corrected chi connectivity index (χ4v) is 7.36. The maximum atomic E-state index is 12.9. The van der Waals surface area contributed by atoms with Crippen molar-refractivity contribution in [1.82, 2.24) is 0 Å². The van der Waals surface area contributed by atoms with E-state index in [9.17, 15) is 24.6 Å². The number of rotatable bonds is 3. The summed E-state index contributed by atoms with van der Waals surface area (Å²) in [5.41, 5.74) is -1.38. The van der Waals surface area contributed by atoms with Crippen LogP contribution < -0.4 is 0 Å². The largest absolute Gasteiger partial charge is 0.458 e. The third-order valence-corrected chi connectivity index (χ3v) is 9.01. The second-order valence-electron chi connectivity index (χ2n) is 10.1. The van der Waals surface area contributed by atoms with Crippen molar-refractivity contribution >= 4 is 17.5 Å². The minimum absolute atomic E-state index is 0.00837. The Morgan fingerprint density at radius 2 is 1.90 bits per heavy atom. The highest BCUT2D eigenvalue weighted by Gasteiger charge is 2.69. The van der Waals surface area contributed by atoms with E-state index in [-0.39, 0.29) is 17.1 Å². The number of hydrogen-bond donors (Lipinski definition) is 2. The molecule has 4 rings (SSSR count). The molecule has 6 nitrogen and oxygen atoms in total. The SMILES string of the molecule is CC(=O)OCC(=O)[C@@]1(O)[C@H](O)CC2C3CCC4=CC(=O)CC[C@]4(C)C3CC[C@@]21C. The Hall–Kier alpha value is -1.53. The smallest absolute Gasteiger partial charge is 0.303 e. The standard InChI is InChI=1S/C23H32O6/c1-13(24)29-12-20(27)23(28)19(26)11-18-16-5-4-14-10-15(25)6-8-21(14,2)17(16)7-9-22(18,23)3/h10,16-19,26,28H,4-9,11-12H2,1-3H3/t16?,17?,18?,19-,21+,22+,23+/m1/s1. The molecule has 4 aliphatic carbocycles. The third kappa shape index (κ3) is 2.78. The van der Waals surface area contributed by atoms with Crippen LogP contribution in [-0.2, 0) is 19.1 Å². The molecule has 29 heavy (non-hydrogen) atoms. The highest BCUT2D eigenvalue weighted by molar-refractivity contribution is 5.92. The van der Waals surface area contributed by atoms with E-state index in [1.165, 1.54) is 12.5 Å². The molecule has 3 fully saturated rings. The van der Waals surface area contributed by atoms with E-state index in [0.29, 0.717) is 31.1 Å². The van der Waals surface area contributed by atoms with Crippen LogP contribution in [0, 0.1) is 28.6 Å². The van der Waals surface area contributed by atoms with Gasteiger partial charge in [0.1, 0.15) is 0 Å². The summed E-state index contributed by atoms with van der Waals surface area (Å²) in [6.07, 6.45) is 5.80. The lowest BCUT2D eigenvalue weighted by molar-refractivity contribution is -0.181. The molecular formula is C23H32O6. The number of aliphatic hydroxyl groups excluding tert-OH is 1. The second-order valence-corrected chi connectivity index (χ2v) is 10.1. The number of hydrogen-bond acceptors (Lipinski definition) is 6. The quantitative estimate of drug-likeness (QED) is 0.701. The molecule has 2 N–H and O–H groups in total. The van der Waals surface area contributed by atoms with Crippen LogP contribution in [0.1, 0.15) is 65.7 Å². The minimum Gasteiger partial charge on any atom is -0.458 e. The molecule has 6 heteroatoms. The Morgan fingerprint density at radius 3 is 2.59 bits per heavy atom. The van der Waals surface area contributed by atoms with Gasteiger partial charge in [-0.1, -0.05) is 19.4 Å². The Bertz CT molecular complexity index is 786. The topological polar surface area (TPSA) is 101 Å². The van der Waals surface area contributed by atoms with Gasteiger partial charge in [0, 0.05) is 18.8 Å². The van der Waals surface area contributed by atoms with Crippen LogP contribution >= 0.6 is 0 Å². The molecule has 0 radical (unpaired) electrons. The molecule has 0 amide bonds. The maximum absolute atomic E-state index is 12.9. The van der Waals surface area contributed by atoms with Crippen molar-refractivity contribution in [2.24, 2.45) is 28.6 Å². The highest BCUT2D eigenvalue weighted by atomic mass is 16.5. The van der Waals surface area contributed by atoms with Crippen molar-refractivity contribution in [3.63, 3.8) is 0 Å². The fraction of sp³-hybridized carbons (Fsp3) is 0.783. The van der Waals surface area contributed by atoms with Gasteiger partial charge in [-0.3, -0.25) is 14.4 Å². The molecule has 0 aromatic carbocycles. The molecule has 0 bridgehead atoms. The summed E-state index contributed by atoms with van der Waals surface area (Å²) in [5, 5.41) is 22.3. The van der Waals surface area contributed by atoms with Gasteiger partial charge in [-0.2, -0.15) is 0 Å². The van der Waals surface area contributed by atoms with Crippen molar-refractivity contribution in [3.05, 3.63) is 11.6 Å². The predicted octanol–water partition coefficient (Wildman–Crippen LogP) is 2.35. The van der Waals surface area contributed by atoms with Gasteiger partial charge >= 0.3 is 5.97 Å². The van der Waals surface area contributed by atoms with E-state index in [4.69, 9.17) is 4.74 Å². The number of Topliss-reactive ketones (excluding diaryl/α,β-unsaturated/α-hetero) is 1. The van der Waals surface area contributed by atoms with Gasteiger partial charge in [-0.25, -0.2) is 0 Å². The third-order valence-electron chi connectivity index (χ3n) is 9.01. The Balaban J connectivity index is 1.64. The zero-order valence-corrected chi connectivity index (χ0v) is 17.6. The average Bonchev–Trinajstić information content (AvgIpc) is 2.88. The molecular weight excluding hydrogens is 372 g/mol. The van der Waals surface area contributed by atoms with Crippen molar-refractivity contribution in [1.29, 1.82) is 0 Å². The summed E-state index contributed by atoms with van der Waals surface area (Å²) >= 11 is 0. The predicted molar refractivity (Wildman–Crippen MR) is 105 cm³/mol. The molecule has 0 heterocycles. The van der Waals surface area contributed by atoms with Crippen molar-refractivity contribution in [3.8, 4) is 0 Å². The fourth-order valence-electron chi connectivity index (χ4n) is 7.36. The average molecular weight is 405 g/mol. The van der Waals surface area contributed by atoms with Crippen LogP contribution in [0.3, 0.4) is 0 Å². The summed E-state index contributed by atoms with van der Waals surface area (Å²) in [6, 6.07) is 0. The highest BCUT2D eigenvalue weighted by Crippen LogP contribution is 2.67. The number of esters is 1. The first-order chi connectivity index (χ1) is 13.5. The molecule has 3 saturated carbocycles. The number of aliphatic hydroxyl groups is 2. The monoisotopic (exact) mass is 404 g/mol. The van der Waals surface area contributed by atoms with E-state index in [1.807, 2.05) is 13.0 Å². The summed E-state index contributed by atoms with van der Waals surface area (Å²) in [4.78, 5) is 36.0. The van der Waals surface area contributed by atoms with Gasteiger partial charge in [-0.15, -0.1) is 0 Å². The molecule has 7 atom stereocenters. The van der Waals surface area contributed by atoms with Crippen LogP contribution in [0.25, 0.3) is 0 Å². The van der Waals surface area contributed by atoms with Crippen LogP contribution in [0.5, 0.6) is 0 Å². The van der Waals surface area contributed by atoms with Crippen LogP contribution in [0.2, 0.25) is 0 Å². The normalized spacial score (nSPS) is 46.2. The number of carbonyl (C=O) groups is 3. The lowest BCUT2D eigenvalue weighted by atomic mass is 9.46. The van der Waals surface area contributed by atoms with E-state index in [1.54, 1.807) is 0 Å². The molecule has 0 aromatic rings. The van der Waals surface area contributed by atoms with Crippen LogP contribution in [0.15, 0.2) is 11.6 Å². The lowest BCUT2D eigenvalue weighted by Crippen LogP contribution is -2.61. The van der Waals surface area contributed by atoms with Crippen molar-refractivity contribution in [2.75, 3.05) is 6.61 Å². The van der Waals surface area contributed by atoms with Crippen LogP contribution in [-0.4, -0.2) is 46.1 Å². The van der Waals surface area contributed by atoms with Gasteiger partial charge in [-0.05, 0) is 67.8 Å². The van der Waals surface area contributed by atoms with Gasteiger partial charge < -0.3 is 14.9 Å². The van der Waals surface area contributed by atoms with Crippen LogP contribution in [0.4, 0.5) is 0 Å². The molecule has 0 spiro atoms. The molecule has 3 unspecified atom stereocenters. The van der Waals surface area contributed by atoms with E-state index in [2.05, 4.69) is 6.92 Å². The summed E-state index contributed by atoms with van der Waals surface area (Å²) in [7, 11) is 0. The maximum Gasteiger partial charge on any atom is 0.303 e. The Morgan fingerprint density at radius 1 is 1.17 bits per heavy atom. The van der Waals surface area contributed by atoms with E-state index >= 15 is 0 Å². The number of carbonyl (C=O) groups excluding carboxylic acids is 3. The Kier molecular flexibility index (Phi) is 4.82. The second kappa shape index (κ2) is 6.74. The first-order valence-electron chi connectivity index (χ1n) is 10.8. The van der Waals surface area contributed by atoms with Gasteiger partial charge in [0.2, 0.25) is 5.78 Å². The van der Waals surface area contributed by atoms with E-state index in [0.717, 1.165) is 25.7 Å². The first-order valence-corrected chi connectivity index (χ1v) is 10.8. The number of fused-ring (bicyclic) bond motifs is 5. The summed E-state index contributed by atoms with van der Waals surface area (Å²) in [6.45, 7) is 4.91. The molecule has 4 aliphatic rings. The summed E-state index contributed by atoms with van der Waals surface area (Å²) in [5.74, 6) is -0.237. The number of allylic oxidation sites excluding steroid dienone is 1. The molecule has 160 valence electrons. The van der Waals surface area contributed by atoms with Gasteiger partial charge in [0.25, 0.3) is 0 Å². The van der Waals surface area contributed by atoms with Gasteiger partial charge in [0.15, 0.2) is 18.0 Å². The summed E-state index contributed by atoms with van der Waals surface area (Å²) < 4.78 is 4.86. The van der Waals surface area contributed by atoms with E-state index < -0.39 is 35.5 Å². The number of ether oxygens (including phenoxy) is 1. The number of ketones is 2. The molecule has 0 saturated heterocycles. The van der Waals surface area contributed by atoms with Crippen molar-refractivity contribution in [2.45, 2.75) is 77.4 Å². The first kappa shape index (κ1) is 20.7.